The molecule has 2 heteroatoms. The maximum atomic E-state index is 10.9. The van der Waals surface area contributed by atoms with Crippen LogP contribution in [0.1, 0.15) is 26.2 Å². The van der Waals surface area contributed by atoms with Crippen molar-refractivity contribution in [3.05, 3.63) is 11.6 Å². The molecular formula is C9H12O2. The lowest BCUT2D eigenvalue weighted by molar-refractivity contribution is -0.141. The van der Waals surface area contributed by atoms with Crippen LogP contribution in [0.25, 0.3) is 0 Å². The second kappa shape index (κ2) is 2.36. The molecule has 0 aromatic carbocycles. The van der Waals surface area contributed by atoms with Crippen LogP contribution in [-0.4, -0.2) is 12.1 Å². The van der Waals surface area contributed by atoms with Crippen LogP contribution >= 0.6 is 0 Å². The van der Waals surface area contributed by atoms with E-state index < -0.39 is 0 Å². The molecule has 2 nitrogen and oxygen atoms in total. The highest BCUT2D eigenvalue weighted by molar-refractivity contribution is 5.73. The minimum atomic E-state index is -0.0148. The lowest BCUT2D eigenvalue weighted by atomic mass is 9.96. The molecule has 1 fully saturated rings. The number of carbonyl (C=O) groups excluding carboxylic acids is 1. The summed E-state index contributed by atoms with van der Waals surface area (Å²) in [5, 5.41) is 0. The Morgan fingerprint density at radius 3 is 3.27 bits per heavy atom. The number of esters is 1. The van der Waals surface area contributed by atoms with Crippen LogP contribution in [0, 0.1) is 5.92 Å². The van der Waals surface area contributed by atoms with E-state index in [-0.39, 0.29) is 12.1 Å². The molecule has 1 aliphatic heterocycles. The topological polar surface area (TPSA) is 26.3 Å². The second-order valence-corrected chi connectivity index (χ2v) is 3.21. The van der Waals surface area contributed by atoms with E-state index in [1.54, 1.807) is 0 Å². The third-order valence-electron chi connectivity index (χ3n) is 2.62. The number of ether oxygens (including phenoxy) is 1. The minimum absolute atomic E-state index is 0.0148. The molecule has 0 unspecified atom stereocenters. The van der Waals surface area contributed by atoms with E-state index in [1.807, 2.05) is 0 Å². The molecule has 0 amide bonds. The smallest absolute Gasteiger partial charge is 0.306 e. The molecule has 2 atom stereocenters. The van der Waals surface area contributed by atoms with Gasteiger partial charge in [-0.25, -0.2) is 0 Å². The van der Waals surface area contributed by atoms with Crippen LogP contribution in [-0.2, 0) is 9.53 Å². The van der Waals surface area contributed by atoms with Gasteiger partial charge in [-0.15, -0.1) is 0 Å². The Hall–Kier alpha value is -0.790. The summed E-state index contributed by atoms with van der Waals surface area (Å²) < 4.78 is 5.13. The highest BCUT2D eigenvalue weighted by Crippen LogP contribution is 2.37. The predicted molar refractivity (Wildman–Crippen MR) is 41.0 cm³/mol. The number of hydrogen-bond acceptors (Lipinski definition) is 2. The first-order valence-electron chi connectivity index (χ1n) is 4.19. The van der Waals surface area contributed by atoms with Crippen LogP contribution in [0.5, 0.6) is 0 Å². The summed E-state index contributed by atoms with van der Waals surface area (Å²) in [6, 6.07) is 0. The normalized spacial score (nSPS) is 35.0. The van der Waals surface area contributed by atoms with Gasteiger partial charge in [0, 0.05) is 12.3 Å². The fourth-order valence-electron chi connectivity index (χ4n) is 2.02. The summed E-state index contributed by atoms with van der Waals surface area (Å²) in [5.41, 5.74) is 1.42. The third kappa shape index (κ3) is 0.971. The molecule has 0 bridgehead atoms. The van der Waals surface area contributed by atoms with Gasteiger partial charge in [0.15, 0.2) is 0 Å². The molecule has 1 saturated heterocycles. The number of carbonyl (C=O) groups is 1. The molecule has 2 aliphatic rings. The average Bonchev–Trinajstić information content (AvgIpc) is 2.45. The molecule has 0 spiro atoms. The highest BCUT2D eigenvalue weighted by Gasteiger charge is 2.39. The van der Waals surface area contributed by atoms with Gasteiger partial charge in [0.25, 0.3) is 0 Å². The summed E-state index contributed by atoms with van der Waals surface area (Å²) in [7, 11) is 0. The summed E-state index contributed by atoms with van der Waals surface area (Å²) >= 11 is 0. The van der Waals surface area contributed by atoms with Crippen molar-refractivity contribution in [1.82, 2.24) is 0 Å². The van der Waals surface area contributed by atoms with Crippen LogP contribution in [0.15, 0.2) is 11.6 Å². The number of fused-ring (bicyclic) bond motifs is 1. The molecule has 11 heavy (non-hydrogen) atoms. The monoisotopic (exact) mass is 152 g/mol. The van der Waals surface area contributed by atoms with Crippen molar-refractivity contribution < 1.29 is 9.53 Å². The van der Waals surface area contributed by atoms with Gasteiger partial charge >= 0.3 is 5.97 Å². The Balaban J connectivity index is 2.14. The Kier molecular flexibility index (Phi) is 1.48. The highest BCUT2D eigenvalue weighted by atomic mass is 16.5. The third-order valence-corrected chi connectivity index (χ3v) is 2.62. The maximum absolute atomic E-state index is 10.9. The SMILES string of the molecule is CCC1=CC[C@@H]2OC(=O)C[C@H]12. The zero-order valence-corrected chi connectivity index (χ0v) is 6.67. The quantitative estimate of drug-likeness (QED) is 0.422. The van der Waals surface area contributed by atoms with E-state index in [0.717, 1.165) is 12.8 Å². The summed E-state index contributed by atoms with van der Waals surface area (Å²) in [6.45, 7) is 2.14. The molecule has 0 N–H and O–H groups in total. The summed E-state index contributed by atoms with van der Waals surface area (Å²) in [5.74, 6) is 0.409. The largest absolute Gasteiger partial charge is 0.461 e. The number of rotatable bonds is 1. The van der Waals surface area contributed by atoms with Gasteiger partial charge in [-0.3, -0.25) is 4.79 Å². The molecule has 0 saturated carbocycles. The van der Waals surface area contributed by atoms with Crippen LogP contribution < -0.4 is 0 Å². The van der Waals surface area contributed by atoms with Gasteiger partial charge < -0.3 is 4.74 Å². The summed E-state index contributed by atoms with van der Waals surface area (Å²) in [6.07, 6.45) is 5.04. The van der Waals surface area contributed by atoms with Crippen molar-refractivity contribution >= 4 is 5.97 Å². The van der Waals surface area contributed by atoms with E-state index in [9.17, 15) is 4.79 Å². The molecule has 60 valence electrons. The average molecular weight is 152 g/mol. The van der Waals surface area contributed by atoms with Crippen molar-refractivity contribution in [2.75, 3.05) is 0 Å². The van der Waals surface area contributed by atoms with Crippen LogP contribution in [0.3, 0.4) is 0 Å². The fraction of sp³-hybridized carbons (Fsp3) is 0.667. The second-order valence-electron chi connectivity index (χ2n) is 3.21. The molecule has 2 rings (SSSR count). The molecule has 0 aromatic heterocycles. The minimum Gasteiger partial charge on any atom is -0.461 e. The Morgan fingerprint density at radius 2 is 2.55 bits per heavy atom. The van der Waals surface area contributed by atoms with E-state index >= 15 is 0 Å². The van der Waals surface area contributed by atoms with Crippen molar-refractivity contribution in [2.24, 2.45) is 5.92 Å². The first-order chi connectivity index (χ1) is 5.31. The summed E-state index contributed by atoms with van der Waals surface area (Å²) in [4.78, 5) is 10.9. The van der Waals surface area contributed by atoms with Gasteiger partial charge in [-0.05, 0) is 6.42 Å². The van der Waals surface area contributed by atoms with Crippen LogP contribution in [0.2, 0.25) is 0 Å². The van der Waals surface area contributed by atoms with E-state index in [2.05, 4.69) is 13.0 Å². The fourth-order valence-corrected chi connectivity index (χ4v) is 2.02. The van der Waals surface area contributed by atoms with E-state index in [1.165, 1.54) is 5.57 Å². The Bertz CT molecular complexity index is 218. The molecular weight excluding hydrogens is 140 g/mol. The first kappa shape index (κ1) is 6.89. The van der Waals surface area contributed by atoms with Crippen molar-refractivity contribution in [1.29, 1.82) is 0 Å². The van der Waals surface area contributed by atoms with Crippen molar-refractivity contribution in [3.63, 3.8) is 0 Å². The molecule has 1 aliphatic carbocycles. The van der Waals surface area contributed by atoms with E-state index in [4.69, 9.17) is 4.74 Å². The van der Waals surface area contributed by atoms with Gasteiger partial charge in [0.2, 0.25) is 0 Å². The number of hydrogen-bond donors (Lipinski definition) is 0. The van der Waals surface area contributed by atoms with Gasteiger partial charge in [-0.1, -0.05) is 18.6 Å². The van der Waals surface area contributed by atoms with Crippen molar-refractivity contribution in [3.8, 4) is 0 Å². The van der Waals surface area contributed by atoms with Gasteiger partial charge in [0.05, 0.1) is 6.42 Å². The Morgan fingerprint density at radius 1 is 1.73 bits per heavy atom. The van der Waals surface area contributed by atoms with E-state index in [0.29, 0.717) is 12.3 Å². The van der Waals surface area contributed by atoms with Gasteiger partial charge in [0.1, 0.15) is 6.10 Å². The van der Waals surface area contributed by atoms with Gasteiger partial charge in [-0.2, -0.15) is 0 Å². The maximum Gasteiger partial charge on any atom is 0.306 e. The predicted octanol–water partition coefficient (Wildman–Crippen LogP) is 1.66. The molecule has 0 aromatic rings. The first-order valence-corrected chi connectivity index (χ1v) is 4.19. The van der Waals surface area contributed by atoms with Crippen molar-refractivity contribution in [2.45, 2.75) is 32.3 Å². The lowest BCUT2D eigenvalue weighted by Gasteiger charge is -2.08. The molecule has 0 radical (unpaired) electrons. The zero-order chi connectivity index (χ0) is 7.84. The van der Waals surface area contributed by atoms with Crippen LogP contribution in [0.4, 0.5) is 0 Å². The zero-order valence-electron chi connectivity index (χ0n) is 6.67. The Labute approximate surface area is 66.2 Å². The lowest BCUT2D eigenvalue weighted by Crippen LogP contribution is -2.10. The molecule has 1 heterocycles. The standard InChI is InChI=1S/C9H12O2/c1-2-6-3-4-8-7(6)5-9(10)11-8/h3,7-8H,2,4-5H2,1H3/t7-,8+/m1/s1.